The third kappa shape index (κ3) is 6.57. The summed E-state index contributed by atoms with van der Waals surface area (Å²) in [7, 11) is 0. The highest BCUT2D eigenvalue weighted by Gasteiger charge is 2.35. The van der Waals surface area contributed by atoms with Gasteiger partial charge in [0.25, 0.3) is 5.91 Å². The first-order chi connectivity index (χ1) is 12.8. The Labute approximate surface area is 170 Å². The van der Waals surface area contributed by atoms with Crippen LogP contribution in [-0.2, 0) is 0 Å². The first kappa shape index (κ1) is 20.7. The van der Waals surface area contributed by atoms with E-state index in [0.29, 0.717) is 11.3 Å². The number of nitrogens with zero attached hydrogens (tertiary/aromatic N) is 4. The van der Waals surface area contributed by atoms with Crippen molar-refractivity contribution < 1.29 is 4.79 Å². The van der Waals surface area contributed by atoms with E-state index >= 15 is 0 Å². The number of guanidine groups is 1. The zero-order valence-corrected chi connectivity index (χ0v) is 16.2. The lowest BCUT2D eigenvalue weighted by atomic mass is 10.1. The second-order valence-corrected chi connectivity index (χ2v) is 7.64. The van der Waals surface area contributed by atoms with Crippen molar-refractivity contribution in [2.75, 3.05) is 5.32 Å². The van der Waals surface area contributed by atoms with E-state index < -0.39 is 15.9 Å². The predicted molar refractivity (Wildman–Crippen MR) is 105 cm³/mol. The maximum absolute atomic E-state index is 12.4. The summed E-state index contributed by atoms with van der Waals surface area (Å²) in [5.74, 6) is -0.536. The molecule has 3 N–H and O–H groups in total. The number of amides is 1. The molecular weight excluding hydrogens is 413 g/mol. The number of nitrogens with one attached hydrogen (secondary N) is 3. The monoisotopic (exact) mass is 425 g/mol. The Morgan fingerprint density at radius 1 is 1.19 bits per heavy atom. The van der Waals surface area contributed by atoms with Crippen molar-refractivity contribution >= 4 is 52.4 Å². The molecule has 0 bridgehead atoms. The Bertz CT molecular complexity index is 845. The quantitative estimate of drug-likeness (QED) is 0.228. The minimum absolute atomic E-state index is 0.0622. The van der Waals surface area contributed by atoms with Gasteiger partial charge in [-0.15, -0.1) is 4.99 Å². The number of anilines is 1. The summed E-state index contributed by atoms with van der Waals surface area (Å²) in [6.45, 7) is 1.90. The summed E-state index contributed by atoms with van der Waals surface area (Å²) in [6.07, 6.45) is 4.67. The minimum atomic E-state index is -1.94. The number of halogens is 3. The lowest BCUT2D eigenvalue weighted by Gasteiger charge is -2.27. The van der Waals surface area contributed by atoms with Crippen LogP contribution in [0, 0.1) is 18.4 Å². The molecule has 140 valence electrons. The minimum Gasteiger partial charge on any atom is -0.331 e. The Morgan fingerprint density at radius 2 is 1.81 bits per heavy atom. The van der Waals surface area contributed by atoms with Crippen molar-refractivity contribution in [3.8, 4) is 6.19 Å². The average Bonchev–Trinajstić information content (AvgIpc) is 2.62. The van der Waals surface area contributed by atoms with Crippen LogP contribution in [0.15, 0.2) is 48.0 Å². The fourth-order valence-electron chi connectivity index (χ4n) is 1.90. The van der Waals surface area contributed by atoms with Crippen molar-refractivity contribution in [2.24, 2.45) is 4.99 Å². The van der Waals surface area contributed by atoms with Gasteiger partial charge in [-0.2, -0.15) is 5.26 Å². The molecule has 0 aliphatic rings. The zero-order chi connectivity index (χ0) is 19.9. The summed E-state index contributed by atoms with van der Waals surface area (Å²) in [5.41, 5.74) is 1.82. The molecular formula is C16H14Cl3N7O. The van der Waals surface area contributed by atoms with E-state index in [1.54, 1.807) is 30.5 Å². The molecule has 1 heterocycles. The summed E-state index contributed by atoms with van der Waals surface area (Å²) >= 11 is 17.9. The zero-order valence-electron chi connectivity index (χ0n) is 13.9. The number of hydrogen-bond donors (Lipinski definition) is 3. The Kier molecular flexibility index (Phi) is 7.19. The number of aryl methyl sites for hydroxylation is 1. The standard InChI is InChI=1S/C16H14Cl3N7O/c1-10-2-4-11(5-3-10)13(27)25-14(16(17,18)19)26-15(23-8-20)24-12-6-21-9-22-7-12/h2-7,9,14H,1H3,(H,25,27)(H2,23,24,26). The van der Waals surface area contributed by atoms with Gasteiger partial charge in [-0.3, -0.25) is 4.79 Å². The van der Waals surface area contributed by atoms with Crippen molar-refractivity contribution in [1.82, 2.24) is 20.6 Å². The van der Waals surface area contributed by atoms with Crippen LogP contribution < -0.4 is 16.0 Å². The number of hydrogen-bond acceptors (Lipinski definition) is 5. The highest BCUT2D eigenvalue weighted by molar-refractivity contribution is 6.68. The summed E-state index contributed by atoms with van der Waals surface area (Å²) < 4.78 is -1.94. The fourth-order valence-corrected chi connectivity index (χ4v) is 2.23. The number of rotatable bonds is 4. The number of carbonyl (C=O) groups is 1. The second kappa shape index (κ2) is 9.37. The number of benzene rings is 1. The molecule has 2 rings (SSSR count). The molecule has 0 saturated carbocycles. The van der Waals surface area contributed by atoms with Gasteiger partial charge in [-0.05, 0) is 19.1 Å². The molecule has 0 fully saturated rings. The van der Waals surface area contributed by atoms with Gasteiger partial charge in [0.05, 0.1) is 18.1 Å². The van der Waals surface area contributed by atoms with Gasteiger partial charge >= 0.3 is 0 Å². The van der Waals surface area contributed by atoms with E-state index in [9.17, 15) is 4.79 Å². The van der Waals surface area contributed by atoms with E-state index in [4.69, 9.17) is 40.1 Å². The number of nitriles is 1. The van der Waals surface area contributed by atoms with Gasteiger partial charge in [0, 0.05) is 5.56 Å². The van der Waals surface area contributed by atoms with Crippen molar-refractivity contribution in [1.29, 1.82) is 5.26 Å². The molecule has 27 heavy (non-hydrogen) atoms. The second-order valence-electron chi connectivity index (χ2n) is 5.27. The number of alkyl halides is 3. The maximum Gasteiger partial charge on any atom is 0.252 e. The number of aromatic nitrogens is 2. The van der Waals surface area contributed by atoms with Crippen LogP contribution in [0.3, 0.4) is 0 Å². The molecule has 8 nitrogen and oxygen atoms in total. The van der Waals surface area contributed by atoms with Crippen LogP contribution in [0.4, 0.5) is 5.69 Å². The molecule has 0 radical (unpaired) electrons. The van der Waals surface area contributed by atoms with E-state index in [2.05, 4.69) is 30.9 Å². The molecule has 1 amide bonds. The normalized spacial score (nSPS) is 12.6. The predicted octanol–water partition coefficient (Wildman–Crippen LogP) is 2.75. The van der Waals surface area contributed by atoms with Crippen molar-refractivity contribution in [3.63, 3.8) is 0 Å². The largest absolute Gasteiger partial charge is 0.331 e. The van der Waals surface area contributed by atoms with E-state index in [0.717, 1.165) is 5.56 Å². The van der Waals surface area contributed by atoms with Crippen LogP contribution in [0.2, 0.25) is 0 Å². The summed E-state index contributed by atoms with van der Waals surface area (Å²) in [4.78, 5) is 23.7. The molecule has 0 spiro atoms. The number of aliphatic imine (C=N–C) groups is 1. The molecule has 0 saturated heterocycles. The van der Waals surface area contributed by atoms with Gasteiger partial charge in [0.2, 0.25) is 15.9 Å². The highest BCUT2D eigenvalue weighted by atomic mass is 35.6. The van der Waals surface area contributed by atoms with Gasteiger partial charge in [-0.25, -0.2) is 9.97 Å². The van der Waals surface area contributed by atoms with Crippen LogP contribution in [0.1, 0.15) is 15.9 Å². The van der Waals surface area contributed by atoms with Crippen LogP contribution >= 0.6 is 34.8 Å². The molecule has 1 aromatic heterocycles. The van der Waals surface area contributed by atoms with Gasteiger partial charge in [-0.1, -0.05) is 52.5 Å². The molecule has 1 aromatic carbocycles. The third-order valence-electron chi connectivity index (χ3n) is 3.18. The highest BCUT2D eigenvalue weighted by Crippen LogP contribution is 2.29. The van der Waals surface area contributed by atoms with Crippen LogP contribution in [-0.4, -0.2) is 31.8 Å². The van der Waals surface area contributed by atoms with Gasteiger partial charge in [0.15, 0.2) is 0 Å². The fraction of sp³-hybridized carbons (Fsp3) is 0.188. The lowest BCUT2D eigenvalue weighted by molar-refractivity contribution is 0.0934. The Balaban J connectivity index is 2.17. The van der Waals surface area contributed by atoms with Crippen LogP contribution in [0.5, 0.6) is 0 Å². The molecule has 1 unspecified atom stereocenters. The first-order valence-corrected chi connectivity index (χ1v) is 8.62. The van der Waals surface area contributed by atoms with Crippen molar-refractivity contribution in [2.45, 2.75) is 16.9 Å². The molecule has 1 atom stereocenters. The van der Waals surface area contributed by atoms with Gasteiger partial charge < -0.3 is 16.0 Å². The lowest BCUT2D eigenvalue weighted by Crippen LogP contribution is -2.56. The third-order valence-corrected chi connectivity index (χ3v) is 3.84. The smallest absolute Gasteiger partial charge is 0.252 e. The summed E-state index contributed by atoms with van der Waals surface area (Å²) in [5, 5.41) is 16.9. The van der Waals surface area contributed by atoms with Crippen molar-refractivity contribution in [3.05, 3.63) is 54.1 Å². The molecule has 0 aliphatic carbocycles. The summed E-state index contributed by atoms with van der Waals surface area (Å²) in [6, 6.07) is 6.85. The Hall–Kier alpha value is -2.60. The van der Waals surface area contributed by atoms with E-state index in [1.165, 1.54) is 18.7 Å². The Morgan fingerprint density at radius 3 is 2.37 bits per heavy atom. The van der Waals surface area contributed by atoms with Crippen LogP contribution in [0.25, 0.3) is 0 Å². The van der Waals surface area contributed by atoms with E-state index in [1.807, 2.05) is 6.92 Å². The van der Waals surface area contributed by atoms with Gasteiger partial charge in [0.1, 0.15) is 12.5 Å². The number of carbonyl (C=O) groups excluding carboxylic acids is 1. The molecule has 2 aromatic rings. The average molecular weight is 427 g/mol. The first-order valence-electron chi connectivity index (χ1n) is 7.49. The maximum atomic E-state index is 12.4. The van der Waals surface area contributed by atoms with E-state index in [-0.39, 0.29) is 5.96 Å². The topological polar surface area (TPSA) is 115 Å². The SMILES string of the molecule is Cc1ccc(C(=O)NC(N/C(=N/C#N)Nc2cncnc2)C(Cl)(Cl)Cl)cc1. The molecule has 0 aliphatic heterocycles. The molecule has 11 heteroatoms.